The van der Waals surface area contributed by atoms with E-state index in [1.54, 1.807) is 4.90 Å². The Morgan fingerprint density at radius 1 is 0.973 bits per heavy atom. The molecule has 9 nitrogen and oxygen atoms in total. The second kappa shape index (κ2) is 9.33. The van der Waals surface area contributed by atoms with E-state index in [2.05, 4.69) is 68.9 Å². The van der Waals surface area contributed by atoms with Crippen LogP contribution >= 0.6 is 0 Å². The number of rotatable bonds is 5. The summed E-state index contributed by atoms with van der Waals surface area (Å²) in [5.74, 6) is 1.38. The monoisotopic (exact) mass is 493 g/mol. The molecule has 0 radical (unpaired) electrons. The smallest absolute Gasteiger partial charge is 0.256 e. The van der Waals surface area contributed by atoms with Gasteiger partial charge in [-0.05, 0) is 65.6 Å². The van der Waals surface area contributed by atoms with Gasteiger partial charge >= 0.3 is 0 Å². The van der Waals surface area contributed by atoms with Crippen LogP contribution in [0.2, 0.25) is 0 Å². The number of tetrazole rings is 1. The largest absolute Gasteiger partial charge is 0.381 e. The van der Waals surface area contributed by atoms with E-state index in [4.69, 9.17) is 9.73 Å². The van der Waals surface area contributed by atoms with Gasteiger partial charge in [-0.2, -0.15) is 5.21 Å². The van der Waals surface area contributed by atoms with Gasteiger partial charge in [-0.15, -0.1) is 10.2 Å². The number of nitrogens with one attached hydrogen (secondary N) is 1. The van der Waals surface area contributed by atoms with E-state index in [1.165, 1.54) is 0 Å². The van der Waals surface area contributed by atoms with Crippen LogP contribution in [0.5, 0.6) is 0 Å². The fourth-order valence-electron chi connectivity index (χ4n) is 5.12. The van der Waals surface area contributed by atoms with Gasteiger partial charge in [0, 0.05) is 43.4 Å². The maximum Gasteiger partial charge on any atom is 0.256 e. The van der Waals surface area contributed by atoms with Gasteiger partial charge in [0.2, 0.25) is 5.82 Å². The number of aliphatic imine (C=N–C) groups is 1. The van der Waals surface area contributed by atoms with Crippen molar-refractivity contribution < 1.29 is 9.53 Å². The van der Waals surface area contributed by atoms with Crippen molar-refractivity contribution in [2.45, 2.75) is 38.8 Å². The molecule has 0 aliphatic carbocycles. The molecule has 2 aromatic carbocycles. The minimum absolute atomic E-state index is 0.0788. The molecule has 1 amide bonds. The number of ether oxygens (including phenoxy) is 1. The summed E-state index contributed by atoms with van der Waals surface area (Å²) in [6.45, 7) is 5.61. The summed E-state index contributed by atoms with van der Waals surface area (Å²) in [5, 5.41) is 14.7. The van der Waals surface area contributed by atoms with Gasteiger partial charge in [0.1, 0.15) is 11.4 Å². The maximum atomic E-state index is 13.3. The van der Waals surface area contributed by atoms with E-state index in [0.717, 1.165) is 44.9 Å². The molecular weight excluding hydrogens is 466 g/mol. The molecule has 0 bridgehead atoms. The van der Waals surface area contributed by atoms with Gasteiger partial charge in [0.15, 0.2) is 0 Å². The number of pyridine rings is 1. The molecular formula is C28H27N7O2. The summed E-state index contributed by atoms with van der Waals surface area (Å²) in [5.41, 5.74) is 6.31. The number of amidine groups is 1. The molecule has 0 atom stereocenters. The Morgan fingerprint density at radius 3 is 2.49 bits per heavy atom. The van der Waals surface area contributed by atoms with Crippen molar-refractivity contribution >= 4 is 11.7 Å². The summed E-state index contributed by atoms with van der Waals surface area (Å²) >= 11 is 0. The van der Waals surface area contributed by atoms with Crippen molar-refractivity contribution in [2.24, 2.45) is 4.99 Å². The first-order chi connectivity index (χ1) is 18.0. The summed E-state index contributed by atoms with van der Waals surface area (Å²) in [6, 6.07) is 18.4. The second-order valence-corrected chi connectivity index (χ2v) is 9.61. The number of H-pyrrole nitrogens is 1. The van der Waals surface area contributed by atoms with Gasteiger partial charge in [-0.25, -0.2) is 0 Å². The molecule has 4 aromatic rings. The molecule has 2 aromatic heterocycles. The van der Waals surface area contributed by atoms with Crippen molar-refractivity contribution in [3.05, 3.63) is 71.9 Å². The molecule has 4 heterocycles. The average Bonchev–Trinajstić information content (AvgIpc) is 3.53. The van der Waals surface area contributed by atoms with E-state index in [-0.39, 0.29) is 5.91 Å². The van der Waals surface area contributed by atoms with Crippen molar-refractivity contribution in [1.82, 2.24) is 30.5 Å². The quantitative estimate of drug-likeness (QED) is 0.446. The standard InChI is InChI=1S/C28H27N7O2/c1-18-9-12-29-25(15-18)22-7-8-23(26-31-33-34-32-26)24(16-22)21-5-3-20(4-6-21)17-35-19(2)30-28(27(35)36)10-13-37-14-11-28/h3-9,12,15-16H,10-11,13-14,17H2,1-2H3,(H,31,32,33,34). The van der Waals surface area contributed by atoms with Crippen molar-refractivity contribution in [3.8, 4) is 33.8 Å². The molecule has 37 heavy (non-hydrogen) atoms. The summed E-state index contributed by atoms with van der Waals surface area (Å²) in [7, 11) is 0. The van der Waals surface area contributed by atoms with Gasteiger partial charge in [-0.3, -0.25) is 19.7 Å². The third-order valence-corrected chi connectivity index (χ3v) is 7.15. The van der Waals surface area contributed by atoms with Crippen LogP contribution in [0.3, 0.4) is 0 Å². The van der Waals surface area contributed by atoms with Gasteiger partial charge in [0.05, 0.1) is 12.2 Å². The molecule has 186 valence electrons. The molecule has 1 N–H and O–H groups in total. The first-order valence-electron chi connectivity index (χ1n) is 12.4. The zero-order chi connectivity index (χ0) is 25.4. The van der Waals surface area contributed by atoms with Gasteiger partial charge < -0.3 is 4.74 Å². The van der Waals surface area contributed by atoms with Crippen LogP contribution in [-0.2, 0) is 16.1 Å². The Morgan fingerprint density at radius 2 is 1.76 bits per heavy atom. The number of hydrogen-bond donors (Lipinski definition) is 1. The van der Waals surface area contributed by atoms with Crippen molar-refractivity contribution in [2.75, 3.05) is 13.2 Å². The average molecular weight is 494 g/mol. The summed E-state index contributed by atoms with van der Waals surface area (Å²) in [6.07, 6.45) is 3.11. The lowest BCUT2D eigenvalue weighted by molar-refractivity contribution is -0.134. The molecule has 0 saturated carbocycles. The van der Waals surface area contributed by atoms with Gasteiger partial charge in [-0.1, -0.05) is 30.3 Å². The molecule has 0 unspecified atom stereocenters. The van der Waals surface area contributed by atoms with Gasteiger partial charge in [0.25, 0.3) is 5.91 Å². The maximum absolute atomic E-state index is 13.3. The summed E-state index contributed by atoms with van der Waals surface area (Å²) in [4.78, 5) is 24.4. The number of hydrogen-bond acceptors (Lipinski definition) is 7. The van der Waals surface area contributed by atoms with Crippen LogP contribution in [0.4, 0.5) is 0 Å². The van der Waals surface area contributed by atoms with E-state index < -0.39 is 5.54 Å². The fraction of sp³-hybridized carbons (Fsp3) is 0.286. The zero-order valence-electron chi connectivity index (χ0n) is 20.8. The SMILES string of the molecule is CC1=NC2(CCOCC2)C(=O)N1Cc1ccc(-c2cc(-c3cc(C)ccn3)ccc2-c2nn[nH]n2)cc1. The minimum Gasteiger partial charge on any atom is -0.381 e. The Hall–Kier alpha value is -4.24. The number of carbonyl (C=O) groups is 1. The molecule has 1 fully saturated rings. The van der Waals surface area contributed by atoms with E-state index in [0.29, 0.717) is 38.4 Å². The minimum atomic E-state index is -0.647. The highest BCUT2D eigenvalue weighted by Gasteiger charge is 2.47. The predicted octanol–water partition coefficient (Wildman–Crippen LogP) is 4.21. The van der Waals surface area contributed by atoms with Crippen LogP contribution in [0, 0.1) is 6.92 Å². The number of benzene rings is 2. The highest BCUT2D eigenvalue weighted by atomic mass is 16.5. The third kappa shape index (κ3) is 4.31. The normalized spacial score (nSPS) is 16.9. The number of aromatic amines is 1. The highest BCUT2D eigenvalue weighted by Crippen LogP contribution is 2.36. The fourth-order valence-corrected chi connectivity index (χ4v) is 5.12. The predicted molar refractivity (Wildman–Crippen MR) is 139 cm³/mol. The first kappa shape index (κ1) is 23.2. The number of aryl methyl sites for hydroxylation is 1. The molecule has 1 saturated heterocycles. The van der Waals surface area contributed by atoms with E-state index in [9.17, 15) is 4.79 Å². The van der Waals surface area contributed by atoms with Crippen LogP contribution < -0.4 is 0 Å². The third-order valence-electron chi connectivity index (χ3n) is 7.15. The zero-order valence-corrected chi connectivity index (χ0v) is 20.8. The first-order valence-corrected chi connectivity index (χ1v) is 12.4. The van der Waals surface area contributed by atoms with Crippen molar-refractivity contribution in [1.29, 1.82) is 0 Å². The van der Waals surface area contributed by atoms with Crippen LogP contribution in [-0.4, -0.2) is 61.0 Å². The molecule has 2 aliphatic rings. The molecule has 1 spiro atoms. The second-order valence-electron chi connectivity index (χ2n) is 9.61. The van der Waals surface area contributed by atoms with E-state index in [1.807, 2.05) is 31.3 Å². The number of aromatic nitrogens is 5. The number of carbonyl (C=O) groups excluding carboxylic acids is 1. The van der Waals surface area contributed by atoms with Crippen LogP contribution in [0.25, 0.3) is 33.8 Å². The lowest BCUT2D eigenvalue weighted by Gasteiger charge is -2.29. The Kier molecular flexibility index (Phi) is 5.84. The Labute approximate surface area is 214 Å². The number of nitrogens with zero attached hydrogens (tertiary/aromatic N) is 6. The number of amides is 1. The summed E-state index contributed by atoms with van der Waals surface area (Å²) < 4.78 is 5.47. The molecule has 2 aliphatic heterocycles. The van der Waals surface area contributed by atoms with Crippen LogP contribution in [0.1, 0.15) is 30.9 Å². The highest BCUT2D eigenvalue weighted by molar-refractivity contribution is 6.07. The Bertz CT molecular complexity index is 1470. The topological polar surface area (TPSA) is 109 Å². The lowest BCUT2D eigenvalue weighted by Crippen LogP contribution is -2.45. The molecule has 9 heteroatoms. The molecule has 6 rings (SSSR count). The van der Waals surface area contributed by atoms with Crippen molar-refractivity contribution in [3.63, 3.8) is 0 Å². The van der Waals surface area contributed by atoms with E-state index >= 15 is 0 Å². The lowest BCUT2D eigenvalue weighted by atomic mass is 9.90. The Balaban J connectivity index is 1.31. The van der Waals surface area contributed by atoms with Crippen LogP contribution in [0.15, 0.2) is 65.8 Å².